The maximum atomic E-state index is 10.5. The lowest BCUT2D eigenvalue weighted by Crippen LogP contribution is -1.98. The Labute approximate surface area is 123 Å². The van der Waals surface area contributed by atoms with Crippen molar-refractivity contribution in [3.8, 4) is 5.75 Å². The third kappa shape index (κ3) is 4.34. The van der Waals surface area contributed by atoms with Crippen LogP contribution in [-0.2, 0) is 17.8 Å². The van der Waals surface area contributed by atoms with Gasteiger partial charge >= 0.3 is 5.97 Å². The zero-order valence-electron chi connectivity index (χ0n) is 12.3. The van der Waals surface area contributed by atoms with E-state index in [1.807, 2.05) is 38.1 Å². The van der Waals surface area contributed by atoms with Gasteiger partial charge < -0.3 is 14.4 Å². The van der Waals surface area contributed by atoms with Crippen molar-refractivity contribution in [3.63, 3.8) is 0 Å². The Morgan fingerprint density at radius 1 is 1.29 bits per heavy atom. The first kappa shape index (κ1) is 15.1. The molecule has 0 aliphatic carbocycles. The second-order valence-corrected chi connectivity index (χ2v) is 4.98. The van der Waals surface area contributed by atoms with Gasteiger partial charge in [0.2, 0.25) is 0 Å². The minimum Gasteiger partial charge on any atom is -0.489 e. The van der Waals surface area contributed by atoms with Crippen molar-refractivity contribution in [2.24, 2.45) is 0 Å². The molecule has 2 rings (SSSR count). The van der Waals surface area contributed by atoms with Gasteiger partial charge in [0.25, 0.3) is 0 Å². The van der Waals surface area contributed by atoms with Crippen LogP contribution in [0.4, 0.5) is 0 Å². The summed E-state index contributed by atoms with van der Waals surface area (Å²) in [6.45, 7) is 4.19. The SMILES string of the molecule is Cc1noc(C)c1COc1ccc(CCCC(=O)O)cc1. The molecule has 1 N–H and O–H groups in total. The third-order valence-corrected chi connectivity index (χ3v) is 3.34. The van der Waals surface area contributed by atoms with Crippen LogP contribution in [0.25, 0.3) is 0 Å². The van der Waals surface area contributed by atoms with Crippen LogP contribution in [0.15, 0.2) is 28.8 Å². The second kappa shape index (κ2) is 6.92. The van der Waals surface area contributed by atoms with E-state index in [4.69, 9.17) is 14.4 Å². The Balaban J connectivity index is 1.86. The van der Waals surface area contributed by atoms with E-state index in [1.165, 1.54) is 0 Å². The van der Waals surface area contributed by atoms with E-state index >= 15 is 0 Å². The standard InChI is InChI=1S/C16H19NO4/c1-11-15(12(2)21-17-11)10-20-14-8-6-13(7-9-14)4-3-5-16(18)19/h6-9H,3-5,10H2,1-2H3,(H,18,19). The summed E-state index contributed by atoms with van der Waals surface area (Å²) < 4.78 is 10.8. The fourth-order valence-electron chi connectivity index (χ4n) is 2.06. The highest BCUT2D eigenvalue weighted by Gasteiger charge is 2.09. The number of hydrogen-bond donors (Lipinski definition) is 1. The lowest BCUT2D eigenvalue weighted by atomic mass is 10.1. The Morgan fingerprint density at radius 2 is 2.00 bits per heavy atom. The Morgan fingerprint density at radius 3 is 2.57 bits per heavy atom. The summed E-state index contributed by atoms with van der Waals surface area (Å²) in [6, 6.07) is 7.72. The first-order valence-corrected chi connectivity index (χ1v) is 6.91. The van der Waals surface area contributed by atoms with Gasteiger partial charge in [0.15, 0.2) is 0 Å². The van der Waals surface area contributed by atoms with Gasteiger partial charge in [-0.15, -0.1) is 0 Å². The summed E-state index contributed by atoms with van der Waals surface area (Å²) in [7, 11) is 0. The predicted octanol–water partition coefficient (Wildman–Crippen LogP) is 3.28. The van der Waals surface area contributed by atoms with Crippen LogP contribution in [0.5, 0.6) is 5.75 Å². The maximum Gasteiger partial charge on any atom is 0.303 e. The molecule has 112 valence electrons. The molecule has 1 aromatic carbocycles. The molecule has 0 spiro atoms. The van der Waals surface area contributed by atoms with Gasteiger partial charge in [-0.1, -0.05) is 17.3 Å². The summed E-state index contributed by atoms with van der Waals surface area (Å²) in [5.74, 6) is 0.796. The smallest absolute Gasteiger partial charge is 0.303 e. The highest BCUT2D eigenvalue weighted by atomic mass is 16.5. The van der Waals surface area contributed by atoms with Crippen molar-refractivity contribution < 1.29 is 19.2 Å². The minimum absolute atomic E-state index is 0.199. The van der Waals surface area contributed by atoms with Crippen molar-refractivity contribution in [1.82, 2.24) is 5.16 Å². The molecule has 0 fully saturated rings. The zero-order valence-corrected chi connectivity index (χ0v) is 12.3. The molecule has 5 nitrogen and oxygen atoms in total. The average molecular weight is 289 g/mol. The molecule has 0 unspecified atom stereocenters. The Kier molecular flexibility index (Phi) is 4.98. The molecule has 0 bridgehead atoms. The summed E-state index contributed by atoms with van der Waals surface area (Å²) in [4.78, 5) is 10.5. The largest absolute Gasteiger partial charge is 0.489 e. The fraction of sp³-hybridized carbons (Fsp3) is 0.375. The Hall–Kier alpha value is -2.30. The van der Waals surface area contributed by atoms with E-state index in [0.717, 1.165) is 34.8 Å². The molecule has 1 aromatic heterocycles. The van der Waals surface area contributed by atoms with Crippen molar-refractivity contribution in [2.45, 2.75) is 39.7 Å². The predicted molar refractivity (Wildman–Crippen MR) is 77.3 cm³/mol. The number of carboxylic acid groups (broad SMARTS) is 1. The maximum absolute atomic E-state index is 10.5. The number of aryl methyl sites for hydroxylation is 3. The number of benzene rings is 1. The molecule has 1 heterocycles. The molecule has 0 saturated heterocycles. The van der Waals surface area contributed by atoms with Gasteiger partial charge in [0.1, 0.15) is 18.1 Å². The van der Waals surface area contributed by atoms with E-state index in [-0.39, 0.29) is 6.42 Å². The van der Waals surface area contributed by atoms with Gasteiger partial charge in [-0.25, -0.2) is 0 Å². The molecule has 0 aliphatic heterocycles. The van der Waals surface area contributed by atoms with E-state index < -0.39 is 5.97 Å². The van der Waals surface area contributed by atoms with Crippen LogP contribution in [0.1, 0.15) is 35.4 Å². The van der Waals surface area contributed by atoms with Gasteiger partial charge in [-0.2, -0.15) is 0 Å². The van der Waals surface area contributed by atoms with Crippen molar-refractivity contribution in [2.75, 3.05) is 0 Å². The number of aliphatic carboxylic acids is 1. The van der Waals surface area contributed by atoms with Gasteiger partial charge in [0, 0.05) is 6.42 Å². The lowest BCUT2D eigenvalue weighted by molar-refractivity contribution is -0.137. The average Bonchev–Trinajstić information content (AvgIpc) is 2.77. The van der Waals surface area contributed by atoms with Crippen LogP contribution in [0.3, 0.4) is 0 Å². The van der Waals surface area contributed by atoms with Crippen LogP contribution in [0, 0.1) is 13.8 Å². The quantitative estimate of drug-likeness (QED) is 0.846. The molecular formula is C16H19NO4. The summed E-state index contributed by atoms with van der Waals surface area (Å²) >= 11 is 0. The number of rotatable bonds is 7. The second-order valence-electron chi connectivity index (χ2n) is 4.98. The highest BCUT2D eigenvalue weighted by Crippen LogP contribution is 2.18. The van der Waals surface area contributed by atoms with Gasteiger partial charge in [-0.05, 0) is 44.4 Å². The number of nitrogens with zero attached hydrogens (tertiary/aromatic N) is 1. The number of hydrogen-bond acceptors (Lipinski definition) is 4. The van der Waals surface area contributed by atoms with Crippen molar-refractivity contribution in [3.05, 3.63) is 46.8 Å². The molecule has 0 atom stereocenters. The third-order valence-electron chi connectivity index (χ3n) is 3.34. The van der Waals surface area contributed by atoms with Crippen LogP contribution in [0.2, 0.25) is 0 Å². The minimum atomic E-state index is -0.755. The number of aromatic nitrogens is 1. The van der Waals surface area contributed by atoms with Crippen LogP contribution < -0.4 is 4.74 Å². The van der Waals surface area contributed by atoms with Crippen molar-refractivity contribution in [1.29, 1.82) is 0 Å². The lowest BCUT2D eigenvalue weighted by Gasteiger charge is -2.07. The molecule has 0 amide bonds. The highest BCUT2D eigenvalue weighted by molar-refractivity contribution is 5.66. The topological polar surface area (TPSA) is 72.6 Å². The zero-order chi connectivity index (χ0) is 15.2. The first-order valence-electron chi connectivity index (χ1n) is 6.91. The summed E-state index contributed by atoms with van der Waals surface area (Å²) in [5.41, 5.74) is 2.93. The number of carboxylic acids is 1. The molecule has 0 radical (unpaired) electrons. The number of carbonyl (C=O) groups is 1. The van der Waals surface area contributed by atoms with Crippen LogP contribution >= 0.6 is 0 Å². The summed E-state index contributed by atoms with van der Waals surface area (Å²) in [5, 5.41) is 12.5. The van der Waals surface area contributed by atoms with E-state index in [2.05, 4.69) is 5.16 Å². The molecular weight excluding hydrogens is 270 g/mol. The molecule has 0 saturated carbocycles. The molecule has 2 aromatic rings. The van der Waals surface area contributed by atoms with Crippen molar-refractivity contribution >= 4 is 5.97 Å². The molecule has 21 heavy (non-hydrogen) atoms. The Bertz CT molecular complexity index is 582. The fourth-order valence-corrected chi connectivity index (χ4v) is 2.06. The van der Waals surface area contributed by atoms with E-state index in [1.54, 1.807) is 0 Å². The molecule has 0 aliphatic rings. The van der Waals surface area contributed by atoms with Crippen LogP contribution in [-0.4, -0.2) is 16.2 Å². The number of ether oxygens (including phenoxy) is 1. The molecule has 5 heteroatoms. The summed E-state index contributed by atoms with van der Waals surface area (Å²) in [6.07, 6.45) is 1.61. The monoisotopic (exact) mass is 289 g/mol. The normalized spacial score (nSPS) is 10.6. The van der Waals surface area contributed by atoms with Gasteiger partial charge in [0.05, 0.1) is 11.3 Å². The van der Waals surface area contributed by atoms with Gasteiger partial charge in [-0.3, -0.25) is 4.79 Å². The van der Waals surface area contributed by atoms with E-state index in [9.17, 15) is 4.79 Å². The first-order chi connectivity index (χ1) is 10.1. The van der Waals surface area contributed by atoms with E-state index in [0.29, 0.717) is 13.0 Å².